The molecule has 0 saturated heterocycles. The van der Waals surface area contributed by atoms with Gasteiger partial charge in [-0.25, -0.2) is 0 Å². The number of rotatable bonds is 22. The van der Waals surface area contributed by atoms with E-state index in [0.29, 0.717) is 63.0 Å². The third-order valence-electron chi connectivity index (χ3n) is 5.48. The molecule has 0 bridgehead atoms. The molecule has 10 nitrogen and oxygen atoms in total. The van der Waals surface area contributed by atoms with E-state index in [0.717, 1.165) is 36.3 Å². The van der Waals surface area contributed by atoms with Gasteiger partial charge in [-0.1, -0.05) is 0 Å². The number of hydrogen-bond donors (Lipinski definition) is 4. The van der Waals surface area contributed by atoms with Crippen molar-refractivity contribution in [2.24, 2.45) is 0 Å². The highest BCUT2D eigenvalue weighted by atomic mass is 32.1. The van der Waals surface area contributed by atoms with Crippen molar-refractivity contribution in [1.82, 2.24) is 10.6 Å². The summed E-state index contributed by atoms with van der Waals surface area (Å²) >= 11 is 10.9. The van der Waals surface area contributed by atoms with Crippen LogP contribution >= 0.6 is 24.4 Å². The second kappa shape index (κ2) is 21.5. The van der Waals surface area contributed by atoms with E-state index < -0.39 is 17.6 Å². The Bertz CT molecular complexity index is 741. The third-order valence-corrected chi connectivity index (χ3v) is 12.3. The largest absolute Gasteiger partial charge is 0.500 e. The van der Waals surface area contributed by atoms with Gasteiger partial charge in [-0.05, 0) is 103 Å². The Morgan fingerprint density at radius 1 is 0.550 bits per heavy atom. The van der Waals surface area contributed by atoms with Crippen molar-refractivity contribution >= 4 is 63.6 Å². The maximum absolute atomic E-state index is 5.90. The van der Waals surface area contributed by atoms with Crippen molar-refractivity contribution in [2.45, 2.75) is 66.5 Å². The highest BCUT2D eigenvalue weighted by Crippen LogP contribution is 2.19. The molecule has 0 saturated carbocycles. The van der Waals surface area contributed by atoms with Crippen LogP contribution in [0, 0.1) is 0 Å². The maximum atomic E-state index is 5.90. The number of benzene rings is 1. The van der Waals surface area contributed by atoms with Gasteiger partial charge in [0.2, 0.25) is 0 Å². The van der Waals surface area contributed by atoms with Crippen LogP contribution < -0.4 is 21.3 Å². The zero-order valence-corrected chi connectivity index (χ0v) is 28.7. The molecule has 4 N–H and O–H groups in total. The summed E-state index contributed by atoms with van der Waals surface area (Å²) in [6.07, 6.45) is 1.65. The van der Waals surface area contributed by atoms with Crippen molar-refractivity contribution < 1.29 is 26.6 Å². The first-order valence-corrected chi connectivity index (χ1v) is 19.0. The van der Waals surface area contributed by atoms with Crippen molar-refractivity contribution in [2.75, 3.05) is 63.4 Å². The Labute approximate surface area is 254 Å². The number of nitrogens with one attached hydrogen (secondary N) is 4. The summed E-state index contributed by atoms with van der Waals surface area (Å²) in [6.45, 7) is 16.6. The number of hydrogen-bond acceptors (Lipinski definition) is 8. The molecule has 0 radical (unpaired) electrons. The van der Waals surface area contributed by atoms with Gasteiger partial charge in [0.05, 0.1) is 0 Å². The van der Waals surface area contributed by atoms with Gasteiger partial charge in [-0.3, -0.25) is 0 Å². The summed E-state index contributed by atoms with van der Waals surface area (Å²) in [5.74, 6) is 0. The van der Waals surface area contributed by atoms with E-state index in [4.69, 9.17) is 51.0 Å². The predicted molar refractivity (Wildman–Crippen MR) is 175 cm³/mol. The van der Waals surface area contributed by atoms with Gasteiger partial charge in [0.25, 0.3) is 0 Å². The second-order valence-electron chi connectivity index (χ2n) is 8.51. The summed E-state index contributed by atoms with van der Waals surface area (Å²) in [5.41, 5.74) is 1.76. The van der Waals surface area contributed by atoms with E-state index in [9.17, 15) is 0 Å². The first kappa shape index (κ1) is 36.8. The molecule has 0 heterocycles. The van der Waals surface area contributed by atoms with Gasteiger partial charge in [0.15, 0.2) is 10.2 Å². The van der Waals surface area contributed by atoms with Gasteiger partial charge in [0, 0.05) is 76.2 Å². The van der Waals surface area contributed by atoms with E-state index in [1.54, 1.807) is 0 Å². The summed E-state index contributed by atoms with van der Waals surface area (Å²) in [6, 6.07) is 9.26. The fourth-order valence-electron chi connectivity index (χ4n) is 4.00. The standard InChI is InChI=1S/C26H50N4O6S2Si2/c1-7-31-39(32-8-2,33-9-3)21-13-19-27-25(37)29-23-15-17-24(18-16-23)30-26(38)28-20-14-22-40(34-10-4,35-11-5)36-12-6/h15-18H,7-14,19-22H2,1-6H3,(H2,27,29,37)(H2,28,30,38). The predicted octanol–water partition coefficient (Wildman–Crippen LogP) is 5.14. The topological polar surface area (TPSA) is 104 Å². The Kier molecular flexibility index (Phi) is 19.8. The van der Waals surface area contributed by atoms with Crippen molar-refractivity contribution in [3.63, 3.8) is 0 Å². The Hall–Kier alpha value is -1.21. The average Bonchev–Trinajstić information content (AvgIpc) is 2.91. The lowest BCUT2D eigenvalue weighted by atomic mass is 10.3. The van der Waals surface area contributed by atoms with Crippen LogP contribution in [0.5, 0.6) is 0 Å². The minimum atomic E-state index is -2.63. The van der Waals surface area contributed by atoms with Gasteiger partial charge < -0.3 is 47.8 Å². The Morgan fingerprint density at radius 2 is 0.825 bits per heavy atom. The summed E-state index contributed by atoms with van der Waals surface area (Å²) in [5, 5.41) is 14.0. The molecular formula is C26H50N4O6S2Si2. The summed E-state index contributed by atoms with van der Waals surface area (Å²) < 4.78 is 35.4. The van der Waals surface area contributed by atoms with E-state index in [-0.39, 0.29) is 0 Å². The molecular weight excluding hydrogens is 585 g/mol. The van der Waals surface area contributed by atoms with Gasteiger partial charge in [-0.2, -0.15) is 0 Å². The normalized spacial score (nSPS) is 11.8. The molecule has 0 aliphatic carbocycles. The summed E-state index contributed by atoms with van der Waals surface area (Å²) in [7, 11) is -5.27. The van der Waals surface area contributed by atoms with Crippen molar-refractivity contribution in [1.29, 1.82) is 0 Å². The molecule has 0 unspecified atom stereocenters. The SMILES string of the molecule is CCO[Si](CCCNC(=S)Nc1ccc(NC(=S)NCCC[Si](OCC)(OCC)OCC)cc1)(OCC)OCC. The van der Waals surface area contributed by atoms with E-state index in [1.807, 2.05) is 65.8 Å². The first-order valence-electron chi connectivity index (χ1n) is 14.3. The van der Waals surface area contributed by atoms with E-state index in [1.165, 1.54) is 0 Å². The lowest BCUT2D eigenvalue weighted by Crippen LogP contribution is -2.46. The molecule has 1 aromatic carbocycles. The molecule has 1 aromatic rings. The van der Waals surface area contributed by atoms with Crippen LogP contribution in [0.15, 0.2) is 24.3 Å². The molecule has 0 atom stereocenters. The van der Waals surface area contributed by atoms with Crippen LogP contribution in [0.2, 0.25) is 12.1 Å². The van der Waals surface area contributed by atoms with Gasteiger partial charge in [0.1, 0.15) is 0 Å². The zero-order valence-electron chi connectivity index (χ0n) is 25.1. The van der Waals surface area contributed by atoms with E-state index in [2.05, 4.69) is 21.3 Å². The number of anilines is 2. The quantitative estimate of drug-likeness (QED) is 0.0772. The smallest absolute Gasteiger partial charge is 0.374 e. The third kappa shape index (κ3) is 14.6. The maximum Gasteiger partial charge on any atom is 0.500 e. The molecule has 0 spiro atoms. The monoisotopic (exact) mass is 634 g/mol. The molecule has 14 heteroatoms. The highest BCUT2D eigenvalue weighted by Gasteiger charge is 2.40. The molecule has 0 aromatic heterocycles. The van der Waals surface area contributed by atoms with Crippen LogP contribution in [-0.2, 0) is 26.6 Å². The van der Waals surface area contributed by atoms with Gasteiger partial charge in [-0.15, -0.1) is 0 Å². The molecule has 40 heavy (non-hydrogen) atoms. The van der Waals surface area contributed by atoms with Crippen LogP contribution in [0.3, 0.4) is 0 Å². The minimum Gasteiger partial charge on any atom is -0.374 e. The molecule has 0 amide bonds. The number of thiocarbonyl (C=S) groups is 2. The second-order valence-corrected chi connectivity index (χ2v) is 14.8. The van der Waals surface area contributed by atoms with E-state index >= 15 is 0 Å². The lowest BCUT2D eigenvalue weighted by Gasteiger charge is -2.28. The average molecular weight is 635 g/mol. The Balaban J connectivity index is 2.42. The fourth-order valence-corrected chi connectivity index (χ4v) is 9.67. The minimum absolute atomic E-state index is 0.556. The summed E-state index contributed by atoms with van der Waals surface area (Å²) in [4.78, 5) is 0. The molecule has 0 aliphatic rings. The molecule has 230 valence electrons. The lowest BCUT2D eigenvalue weighted by molar-refractivity contribution is 0.0701. The van der Waals surface area contributed by atoms with Crippen molar-refractivity contribution in [3.8, 4) is 0 Å². The van der Waals surface area contributed by atoms with Crippen LogP contribution in [0.1, 0.15) is 54.4 Å². The Morgan fingerprint density at radius 3 is 1.07 bits per heavy atom. The van der Waals surface area contributed by atoms with Crippen LogP contribution in [-0.4, -0.2) is 80.6 Å². The first-order chi connectivity index (χ1) is 19.3. The highest BCUT2D eigenvalue weighted by molar-refractivity contribution is 7.80. The fraction of sp³-hybridized carbons (Fsp3) is 0.692. The molecule has 1 rings (SSSR count). The van der Waals surface area contributed by atoms with Crippen molar-refractivity contribution in [3.05, 3.63) is 24.3 Å². The van der Waals surface area contributed by atoms with Crippen LogP contribution in [0.4, 0.5) is 11.4 Å². The zero-order chi connectivity index (χ0) is 29.7. The van der Waals surface area contributed by atoms with Crippen LogP contribution in [0.25, 0.3) is 0 Å². The molecule has 0 aliphatic heterocycles. The molecule has 0 fully saturated rings. The van der Waals surface area contributed by atoms with Gasteiger partial charge >= 0.3 is 17.6 Å².